The van der Waals surface area contributed by atoms with Crippen molar-refractivity contribution in [3.63, 3.8) is 0 Å². The van der Waals surface area contributed by atoms with E-state index in [4.69, 9.17) is 14.2 Å². The third-order valence-electron chi connectivity index (χ3n) is 5.38. The van der Waals surface area contributed by atoms with Crippen LogP contribution in [-0.2, 0) is 27.4 Å². The fraction of sp³-hybridized carbons (Fsp3) is 0.440. The lowest BCUT2D eigenvalue weighted by molar-refractivity contribution is -0.132. The summed E-state index contributed by atoms with van der Waals surface area (Å²) < 4.78 is 16.6. The average molecular weight is 441 g/mol. The zero-order valence-electron chi connectivity index (χ0n) is 19.2. The van der Waals surface area contributed by atoms with Crippen molar-refractivity contribution in [2.24, 2.45) is 0 Å². The standard InChI is InChI=1S/C25H32N2O5/c1-17-14-27(15-18(2)32-17)25(29)22-10-8-20(9-11-22)13-26-24(28)19(3)31-16-21-6-5-7-23(12-21)30-4/h5-12,17-19H,13-16H2,1-4H3,(H,26,28). The highest BCUT2D eigenvalue weighted by atomic mass is 16.5. The van der Waals surface area contributed by atoms with E-state index in [1.807, 2.05) is 55.1 Å². The van der Waals surface area contributed by atoms with Crippen molar-refractivity contribution in [2.45, 2.75) is 52.2 Å². The number of hydrogen-bond acceptors (Lipinski definition) is 5. The van der Waals surface area contributed by atoms with E-state index in [0.717, 1.165) is 16.9 Å². The van der Waals surface area contributed by atoms with Crippen LogP contribution in [0.5, 0.6) is 5.75 Å². The van der Waals surface area contributed by atoms with Gasteiger partial charge in [-0.25, -0.2) is 0 Å². The summed E-state index contributed by atoms with van der Waals surface area (Å²) in [5.74, 6) is 0.564. The van der Waals surface area contributed by atoms with E-state index in [1.54, 1.807) is 26.2 Å². The van der Waals surface area contributed by atoms with E-state index < -0.39 is 6.10 Å². The number of hydrogen-bond donors (Lipinski definition) is 1. The van der Waals surface area contributed by atoms with Gasteiger partial charge in [-0.05, 0) is 56.2 Å². The van der Waals surface area contributed by atoms with Gasteiger partial charge in [-0.3, -0.25) is 9.59 Å². The van der Waals surface area contributed by atoms with E-state index in [-0.39, 0.29) is 24.0 Å². The molecule has 1 N–H and O–H groups in total. The summed E-state index contributed by atoms with van der Waals surface area (Å²) in [6, 6.07) is 14.9. The zero-order chi connectivity index (χ0) is 23.1. The maximum absolute atomic E-state index is 12.8. The summed E-state index contributed by atoms with van der Waals surface area (Å²) in [6.45, 7) is 7.55. The predicted molar refractivity (Wildman–Crippen MR) is 121 cm³/mol. The Hall–Kier alpha value is -2.90. The molecule has 7 nitrogen and oxygen atoms in total. The second kappa shape index (κ2) is 11.1. The highest BCUT2D eigenvalue weighted by Crippen LogP contribution is 2.16. The molecular formula is C25H32N2O5. The van der Waals surface area contributed by atoms with Crippen LogP contribution in [0.25, 0.3) is 0 Å². The zero-order valence-corrected chi connectivity index (χ0v) is 19.2. The highest BCUT2D eigenvalue weighted by molar-refractivity contribution is 5.94. The van der Waals surface area contributed by atoms with Gasteiger partial charge in [0.1, 0.15) is 11.9 Å². The quantitative estimate of drug-likeness (QED) is 0.682. The van der Waals surface area contributed by atoms with Gasteiger partial charge < -0.3 is 24.4 Å². The van der Waals surface area contributed by atoms with E-state index in [1.165, 1.54) is 0 Å². The van der Waals surface area contributed by atoms with Crippen molar-refractivity contribution in [1.29, 1.82) is 0 Å². The Morgan fingerprint density at radius 1 is 1.09 bits per heavy atom. The SMILES string of the molecule is COc1cccc(COC(C)C(=O)NCc2ccc(C(=O)N3CC(C)OC(C)C3)cc2)c1. The Morgan fingerprint density at radius 3 is 2.44 bits per heavy atom. The molecule has 0 bridgehead atoms. The summed E-state index contributed by atoms with van der Waals surface area (Å²) in [5, 5.41) is 2.88. The molecule has 32 heavy (non-hydrogen) atoms. The summed E-state index contributed by atoms with van der Waals surface area (Å²) in [6.07, 6.45) is -0.525. The Labute approximate surface area is 189 Å². The molecule has 0 aromatic heterocycles. The molecule has 2 aromatic carbocycles. The molecule has 3 atom stereocenters. The molecule has 2 amide bonds. The number of ether oxygens (including phenoxy) is 3. The first kappa shape index (κ1) is 23.8. The highest BCUT2D eigenvalue weighted by Gasteiger charge is 2.26. The number of methoxy groups -OCH3 is 1. The van der Waals surface area contributed by atoms with Gasteiger partial charge in [-0.2, -0.15) is 0 Å². The molecule has 172 valence electrons. The topological polar surface area (TPSA) is 77.1 Å². The Balaban J connectivity index is 1.46. The number of nitrogens with zero attached hydrogens (tertiary/aromatic N) is 1. The lowest BCUT2D eigenvalue weighted by Crippen LogP contribution is -2.48. The minimum absolute atomic E-state index is 0.00199. The summed E-state index contributed by atoms with van der Waals surface area (Å²) in [4.78, 5) is 27.0. The lowest BCUT2D eigenvalue weighted by atomic mass is 10.1. The largest absolute Gasteiger partial charge is 0.497 e. The summed E-state index contributed by atoms with van der Waals surface area (Å²) in [5.41, 5.74) is 2.49. The van der Waals surface area contributed by atoms with Crippen LogP contribution in [0.2, 0.25) is 0 Å². The van der Waals surface area contributed by atoms with Gasteiger partial charge >= 0.3 is 0 Å². The molecular weight excluding hydrogens is 408 g/mol. The Kier molecular flexibility index (Phi) is 8.25. The summed E-state index contributed by atoms with van der Waals surface area (Å²) in [7, 11) is 1.61. The molecule has 0 radical (unpaired) electrons. The monoisotopic (exact) mass is 440 g/mol. The second-order valence-corrected chi connectivity index (χ2v) is 8.19. The number of nitrogens with one attached hydrogen (secondary N) is 1. The molecule has 1 fully saturated rings. The van der Waals surface area contributed by atoms with Gasteiger partial charge in [-0.1, -0.05) is 24.3 Å². The molecule has 1 heterocycles. The van der Waals surface area contributed by atoms with Crippen LogP contribution in [0.4, 0.5) is 0 Å². The third-order valence-corrected chi connectivity index (χ3v) is 5.38. The van der Waals surface area contributed by atoms with Crippen molar-refractivity contribution in [3.8, 4) is 5.75 Å². The normalized spacial score (nSPS) is 19.3. The van der Waals surface area contributed by atoms with Crippen molar-refractivity contribution < 1.29 is 23.8 Å². The third kappa shape index (κ3) is 6.55. The maximum atomic E-state index is 12.8. The number of carbonyl (C=O) groups is 2. The van der Waals surface area contributed by atoms with Gasteiger partial charge in [0.05, 0.1) is 25.9 Å². The van der Waals surface area contributed by atoms with Crippen LogP contribution < -0.4 is 10.1 Å². The molecule has 2 aromatic rings. The van der Waals surface area contributed by atoms with Crippen LogP contribution in [0, 0.1) is 0 Å². The first-order valence-electron chi connectivity index (χ1n) is 10.9. The first-order chi connectivity index (χ1) is 15.4. The number of rotatable bonds is 8. The Morgan fingerprint density at radius 2 is 1.78 bits per heavy atom. The van der Waals surface area contributed by atoms with Gasteiger partial charge in [-0.15, -0.1) is 0 Å². The van der Waals surface area contributed by atoms with E-state index in [9.17, 15) is 9.59 Å². The van der Waals surface area contributed by atoms with E-state index in [0.29, 0.717) is 31.8 Å². The molecule has 3 rings (SSSR count). The molecule has 1 aliphatic rings. The van der Waals surface area contributed by atoms with Crippen LogP contribution in [0.1, 0.15) is 42.3 Å². The van der Waals surface area contributed by atoms with Crippen LogP contribution in [0.3, 0.4) is 0 Å². The fourth-order valence-corrected chi connectivity index (χ4v) is 3.68. The lowest BCUT2D eigenvalue weighted by Gasteiger charge is -2.35. The maximum Gasteiger partial charge on any atom is 0.254 e. The van der Waals surface area contributed by atoms with Crippen LogP contribution in [0.15, 0.2) is 48.5 Å². The molecule has 0 aliphatic carbocycles. The number of morpholine rings is 1. The molecule has 1 aliphatic heterocycles. The molecule has 0 spiro atoms. The molecule has 1 saturated heterocycles. The molecule has 0 saturated carbocycles. The smallest absolute Gasteiger partial charge is 0.254 e. The average Bonchev–Trinajstić information content (AvgIpc) is 2.80. The van der Waals surface area contributed by atoms with E-state index >= 15 is 0 Å². The Bertz CT molecular complexity index is 905. The predicted octanol–water partition coefficient (Wildman–Crippen LogP) is 3.17. The molecule has 3 unspecified atom stereocenters. The van der Waals surface area contributed by atoms with Gasteiger partial charge in [0, 0.05) is 25.2 Å². The molecule has 7 heteroatoms. The minimum atomic E-state index is -0.590. The fourth-order valence-electron chi connectivity index (χ4n) is 3.68. The van der Waals surface area contributed by atoms with Crippen molar-refractivity contribution >= 4 is 11.8 Å². The van der Waals surface area contributed by atoms with E-state index in [2.05, 4.69) is 5.32 Å². The first-order valence-corrected chi connectivity index (χ1v) is 10.9. The van der Waals surface area contributed by atoms with Gasteiger partial charge in [0.15, 0.2) is 0 Å². The summed E-state index contributed by atoms with van der Waals surface area (Å²) >= 11 is 0. The van der Waals surface area contributed by atoms with Crippen molar-refractivity contribution in [1.82, 2.24) is 10.2 Å². The number of carbonyl (C=O) groups excluding carboxylic acids is 2. The van der Waals surface area contributed by atoms with Gasteiger partial charge in [0.25, 0.3) is 5.91 Å². The second-order valence-electron chi connectivity index (χ2n) is 8.19. The van der Waals surface area contributed by atoms with Crippen molar-refractivity contribution in [2.75, 3.05) is 20.2 Å². The van der Waals surface area contributed by atoms with Crippen molar-refractivity contribution in [3.05, 3.63) is 65.2 Å². The van der Waals surface area contributed by atoms with Crippen LogP contribution >= 0.6 is 0 Å². The minimum Gasteiger partial charge on any atom is -0.497 e. The van der Waals surface area contributed by atoms with Crippen LogP contribution in [-0.4, -0.2) is 55.2 Å². The number of benzene rings is 2. The number of amides is 2. The van der Waals surface area contributed by atoms with Gasteiger partial charge in [0.2, 0.25) is 5.91 Å².